The molecule has 1 N–H and O–H groups in total. The number of amides is 2. The first-order valence-electron chi connectivity index (χ1n) is 9.90. The highest BCUT2D eigenvalue weighted by atomic mass is 32.1. The summed E-state index contributed by atoms with van der Waals surface area (Å²) in [5.41, 5.74) is 2.19. The van der Waals surface area contributed by atoms with E-state index in [1.807, 2.05) is 42.2 Å². The van der Waals surface area contributed by atoms with Crippen LogP contribution in [0.5, 0.6) is 0 Å². The van der Waals surface area contributed by atoms with Gasteiger partial charge in [0, 0.05) is 30.3 Å². The molecule has 5 nitrogen and oxygen atoms in total. The van der Waals surface area contributed by atoms with Crippen molar-refractivity contribution in [2.24, 2.45) is 0 Å². The average Bonchev–Trinajstić information content (AvgIpc) is 3.16. The molecule has 154 valence electrons. The number of thiazole rings is 1. The molecule has 1 saturated heterocycles. The van der Waals surface area contributed by atoms with Crippen LogP contribution in [-0.4, -0.2) is 40.8 Å². The maximum absolute atomic E-state index is 13.0. The van der Waals surface area contributed by atoms with Crippen molar-refractivity contribution < 1.29 is 14.0 Å². The second kappa shape index (κ2) is 8.75. The number of piperidine rings is 1. The van der Waals surface area contributed by atoms with Crippen molar-refractivity contribution in [2.45, 2.75) is 25.8 Å². The highest BCUT2D eigenvalue weighted by Gasteiger charge is 2.27. The standard InChI is InChI=1S/C23H22FN3O2S/c1-15-20(30-22(25-15)17-5-3-2-4-6-17)23(29)27-13-11-19(12-14-27)26-21(28)16-7-9-18(24)10-8-16/h2-10,19H,11-14H2,1H3,(H,26,28). The number of hydrogen-bond donors (Lipinski definition) is 1. The van der Waals surface area contributed by atoms with Crippen LogP contribution in [0, 0.1) is 12.7 Å². The Balaban J connectivity index is 1.36. The summed E-state index contributed by atoms with van der Waals surface area (Å²) in [5, 5.41) is 3.83. The van der Waals surface area contributed by atoms with Crippen molar-refractivity contribution in [2.75, 3.05) is 13.1 Å². The predicted molar refractivity (Wildman–Crippen MR) is 115 cm³/mol. The van der Waals surface area contributed by atoms with Gasteiger partial charge in [-0.2, -0.15) is 0 Å². The lowest BCUT2D eigenvalue weighted by Crippen LogP contribution is -2.46. The van der Waals surface area contributed by atoms with Gasteiger partial charge in [0.05, 0.1) is 5.69 Å². The Morgan fingerprint density at radius 1 is 1.07 bits per heavy atom. The van der Waals surface area contributed by atoms with Crippen molar-refractivity contribution in [3.8, 4) is 10.6 Å². The van der Waals surface area contributed by atoms with E-state index < -0.39 is 0 Å². The fraction of sp³-hybridized carbons (Fsp3) is 0.261. The molecule has 2 amide bonds. The monoisotopic (exact) mass is 423 g/mol. The molecule has 0 bridgehead atoms. The third-order valence-electron chi connectivity index (χ3n) is 5.24. The van der Waals surface area contributed by atoms with Crippen molar-refractivity contribution in [3.63, 3.8) is 0 Å². The Labute approximate surface area is 178 Å². The Morgan fingerprint density at radius 3 is 2.40 bits per heavy atom. The highest BCUT2D eigenvalue weighted by Crippen LogP contribution is 2.29. The molecule has 0 radical (unpaired) electrons. The zero-order valence-corrected chi connectivity index (χ0v) is 17.4. The molecule has 3 aromatic rings. The molecule has 0 spiro atoms. The molecule has 2 heterocycles. The maximum atomic E-state index is 13.0. The molecule has 2 aromatic carbocycles. The molecule has 0 saturated carbocycles. The maximum Gasteiger partial charge on any atom is 0.265 e. The van der Waals surface area contributed by atoms with Crippen LogP contribution in [0.3, 0.4) is 0 Å². The minimum Gasteiger partial charge on any atom is -0.349 e. The molecular weight excluding hydrogens is 401 g/mol. The van der Waals surface area contributed by atoms with Crippen molar-refractivity contribution in [1.29, 1.82) is 0 Å². The van der Waals surface area contributed by atoms with Crippen molar-refractivity contribution in [1.82, 2.24) is 15.2 Å². The minimum atomic E-state index is -0.368. The van der Waals surface area contributed by atoms with E-state index in [2.05, 4.69) is 10.3 Å². The summed E-state index contributed by atoms with van der Waals surface area (Å²) < 4.78 is 13.0. The molecule has 7 heteroatoms. The topological polar surface area (TPSA) is 62.3 Å². The number of carbonyl (C=O) groups is 2. The van der Waals surface area contributed by atoms with E-state index in [4.69, 9.17) is 0 Å². The van der Waals surface area contributed by atoms with Gasteiger partial charge in [0.2, 0.25) is 0 Å². The van der Waals surface area contributed by atoms with E-state index in [-0.39, 0.29) is 23.7 Å². The first kappa shape index (κ1) is 20.2. The third kappa shape index (κ3) is 4.41. The van der Waals surface area contributed by atoms with E-state index in [1.165, 1.54) is 35.6 Å². The molecule has 0 unspecified atom stereocenters. The molecule has 1 aliphatic rings. The SMILES string of the molecule is Cc1nc(-c2ccccc2)sc1C(=O)N1CCC(NC(=O)c2ccc(F)cc2)CC1. The van der Waals surface area contributed by atoms with E-state index in [0.717, 1.165) is 16.3 Å². The fourth-order valence-electron chi connectivity index (χ4n) is 3.54. The first-order valence-corrected chi connectivity index (χ1v) is 10.7. The second-order valence-electron chi connectivity index (χ2n) is 7.35. The minimum absolute atomic E-state index is 0.00417. The molecule has 4 rings (SSSR count). The lowest BCUT2D eigenvalue weighted by atomic mass is 10.0. The number of rotatable bonds is 4. The van der Waals surface area contributed by atoms with Gasteiger partial charge in [-0.1, -0.05) is 30.3 Å². The summed E-state index contributed by atoms with van der Waals surface area (Å²) in [7, 11) is 0. The molecule has 0 aliphatic carbocycles. The summed E-state index contributed by atoms with van der Waals surface area (Å²) >= 11 is 1.42. The van der Waals surface area contributed by atoms with Crippen molar-refractivity contribution in [3.05, 3.63) is 76.5 Å². The largest absolute Gasteiger partial charge is 0.349 e. The van der Waals surface area contributed by atoms with Gasteiger partial charge in [-0.25, -0.2) is 9.37 Å². The van der Waals surface area contributed by atoms with Crippen LogP contribution in [-0.2, 0) is 0 Å². The second-order valence-corrected chi connectivity index (χ2v) is 8.35. The van der Waals surface area contributed by atoms with Gasteiger partial charge in [0.1, 0.15) is 15.7 Å². The summed E-state index contributed by atoms with van der Waals surface area (Å²) in [4.78, 5) is 32.4. The number of nitrogens with zero attached hydrogens (tertiary/aromatic N) is 2. The van der Waals surface area contributed by atoms with E-state index in [1.54, 1.807) is 0 Å². The van der Waals surface area contributed by atoms with E-state index in [0.29, 0.717) is 36.4 Å². The number of aryl methyl sites for hydroxylation is 1. The van der Waals surface area contributed by atoms with Crippen LogP contribution in [0.1, 0.15) is 38.6 Å². The van der Waals surface area contributed by atoms with Crippen LogP contribution >= 0.6 is 11.3 Å². The molecule has 1 aliphatic heterocycles. The van der Waals surface area contributed by atoms with Gasteiger partial charge >= 0.3 is 0 Å². The highest BCUT2D eigenvalue weighted by molar-refractivity contribution is 7.17. The number of carbonyl (C=O) groups excluding carboxylic acids is 2. The number of nitrogens with one attached hydrogen (secondary N) is 1. The lowest BCUT2D eigenvalue weighted by Gasteiger charge is -2.32. The van der Waals surface area contributed by atoms with Gasteiger partial charge in [-0.15, -0.1) is 11.3 Å². The van der Waals surface area contributed by atoms with Gasteiger partial charge in [0.25, 0.3) is 11.8 Å². The van der Waals surface area contributed by atoms with Gasteiger partial charge in [-0.05, 0) is 44.0 Å². The van der Waals surface area contributed by atoms with Crippen molar-refractivity contribution >= 4 is 23.2 Å². The number of benzene rings is 2. The Bertz CT molecular complexity index is 1040. The van der Waals surface area contributed by atoms with Gasteiger partial charge < -0.3 is 10.2 Å². The quantitative estimate of drug-likeness (QED) is 0.681. The third-order valence-corrected chi connectivity index (χ3v) is 6.43. The smallest absolute Gasteiger partial charge is 0.265 e. The van der Waals surface area contributed by atoms with Gasteiger partial charge in [-0.3, -0.25) is 9.59 Å². The number of halogens is 1. The van der Waals surface area contributed by atoms with Crippen LogP contribution in [0.2, 0.25) is 0 Å². The van der Waals surface area contributed by atoms with Gasteiger partial charge in [0.15, 0.2) is 0 Å². The van der Waals surface area contributed by atoms with E-state index in [9.17, 15) is 14.0 Å². The number of likely N-dealkylation sites (tertiary alicyclic amines) is 1. The van der Waals surface area contributed by atoms with Crippen LogP contribution in [0.25, 0.3) is 10.6 Å². The summed E-state index contributed by atoms with van der Waals surface area (Å²) in [6, 6.07) is 15.3. The van der Waals surface area contributed by atoms with Crippen LogP contribution < -0.4 is 5.32 Å². The molecule has 1 fully saturated rings. The number of hydrogen-bond acceptors (Lipinski definition) is 4. The zero-order valence-electron chi connectivity index (χ0n) is 16.6. The molecule has 0 atom stereocenters. The Morgan fingerprint density at radius 2 is 1.73 bits per heavy atom. The summed E-state index contributed by atoms with van der Waals surface area (Å²) in [6.45, 7) is 3.02. The molecule has 30 heavy (non-hydrogen) atoms. The fourth-order valence-corrected chi connectivity index (χ4v) is 4.58. The average molecular weight is 424 g/mol. The van der Waals surface area contributed by atoms with Crippen LogP contribution in [0.15, 0.2) is 54.6 Å². The lowest BCUT2D eigenvalue weighted by molar-refractivity contribution is 0.0702. The normalized spacial score (nSPS) is 14.5. The number of aromatic nitrogens is 1. The molecule has 1 aromatic heterocycles. The Kier molecular flexibility index (Phi) is 5.90. The summed E-state index contributed by atoms with van der Waals surface area (Å²) in [5.74, 6) is -0.590. The van der Waals surface area contributed by atoms with E-state index >= 15 is 0 Å². The summed E-state index contributed by atoms with van der Waals surface area (Å²) in [6.07, 6.45) is 1.37. The van der Waals surface area contributed by atoms with Crippen LogP contribution in [0.4, 0.5) is 4.39 Å². The Hall–Kier alpha value is -3.06. The molecular formula is C23H22FN3O2S. The first-order chi connectivity index (χ1) is 14.5. The zero-order chi connectivity index (χ0) is 21.1. The predicted octanol–water partition coefficient (Wildman–Crippen LogP) is 4.29.